The first-order chi connectivity index (χ1) is 10.1. The second kappa shape index (κ2) is 5.54. The fourth-order valence-corrected chi connectivity index (χ4v) is 2.93. The van der Waals surface area contributed by atoms with Crippen molar-refractivity contribution in [2.24, 2.45) is 0 Å². The van der Waals surface area contributed by atoms with Crippen molar-refractivity contribution >= 4 is 11.7 Å². The van der Waals surface area contributed by atoms with Crippen LogP contribution < -0.4 is 10.5 Å². The van der Waals surface area contributed by atoms with E-state index in [4.69, 9.17) is 25.1 Å². The van der Waals surface area contributed by atoms with Crippen LogP contribution in [0.5, 0.6) is 5.75 Å². The average Bonchev–Trinajstić information content (AvgIpc) is 2.88. The maximum Gasteiger partial charge on any atom is 0.337 e. The molecule has 2 aliphatic rings. The van der Waals surface area contributed by atoms with Crippen molar-refractivity contribution < 1.29 is 24.1 Å². The minimum atomic E-state index is -1.05. The van der Waals surface area contributed by atoms with Crippen LogP contribution in [-0.2, 0) is 9.47 Å². The SMILES string of the molecule is Nc1ccc(OC2CCOC3(CCOC3)C2)cc1C(=O)O. The monoisotopic (exact) mass is 293 g/mol. The van der Waals surface area contributed by atoms with Gasteiger partial charge in [0.2, 0.25) is 0 Å². The molecule has 1 aromatic rings. The van der Waals surface area contributed by atoms with Crippen LogP contribution in [0.4, 0.5) is 5.69 Å². The molecule has 3 N–H and O–H groups in total. The lowest BCUT2D eigenvalue weighted by atomic mass is 9.91. The number of aromatic carboxylic acids is 1. The van der Waals surface area contributed by atoms with Crippen molar-refractivity contribution in [2.45, 2.75) is 31.0 Å². The Balaban J connectivity index is 1.71. The summed E-state index contributed by atoms with van der Waals surface area (Å²) in [4.78, 5) is 11.1. The van der Waals surface area contributed by atoms with Crippen LogP contribution >= 0.6 is 0 Å². The number of hydrogen-bond acceptors (Lipinski definition) is 5. The maximum atomic E-state index is 11.1. The molecule has 0 bridgehead atoms. The van der Waals surface area contributed by atoms with Crippen LogP contribution in [0, 0.1) is 0 Å². The van der Waals surface area contributed by atoms with E-state index in [1.165, 1.54) is 6.07 Å². The van der Waals surface area contributed by atoms with Crippen LogP contribution in [0.3, 0.4) is 0 Å². The second-order valence-electron chi connectivity index (χ2n) is 5.62. The topological polar surface area (TPSA) is 91.0 Å². The molecule has 21 heavy (non-hydrogen) atoms. The van der Waals surface area contributed by atoms with Crippen molar-refractivity contribution in [1.82, 2.24) is 0 Å². The number of nitrogens with two attached hydrogens (primary N) is 1. The van der Waals surface area contributed by atoms with E-state index in [1.807, 2.05) is 0 Å². The maximum absolute atomic E-state index is 11.1. The minimum Gasteiger partial charge on any atom is -0.490 e. The Labute approximate surface area is 122 Å². The molecule has 2 atom stereocenters. The van der Waals surface area contributed by atoms with Crippen molar-refractivity contribution in [2.75, 3.05) is 25.6 Å². The molecule has 6 nitrogen and oxygen atoms in total. The minimum absolute atomic E-state index is 0.00530. The number of hydrogen-bond donors (Lipinski definition) is 2. The van der Waals surface area contributed by atoms with Gasteiger partial charge in [0.15, 0.2) is 0 Å². The molecule has 0 saturated carbocycles. The number of nitrogen functional groups attached to an aromatic ring is 1. The summed E-state index contributed by atoms with van der Waals surface area (Å²) in [6.45, 7) is 1.96. The summed E-state index contributed by atoms with van der Waals surface area (Å²) in [5.74, 6) is -0.520. The zero-order valence-electron chi connectivity index (χ0n) is 11.7. The van der Waals surface area contributed by atoms with Crippen molar-refractivity contribution in [3.05, 3.63) is 23.8 Å². The number of rotatable bonds is 3. The third-order valence-corrected chi connectivity index (χ3v) is 4.07. The van der Waals surface area contributed by atoms with Gasteiger partial charge in [-0.1, -0.05) is 0 Å². The molecular formula is C15H19NO5. The predicted octanol–water partition coefficient (Wildman–Crippen LogP) is 1.68. The van der Waals surface area contributed by atoms with Gasteiger partial charge < -0.3 is 25.1 Å². The molecular weight excluding hydrogens is 274 g/mol. The standard InChI is InChI=1S/C15H19NO5/c16-13-2-1-10(7-12(13)14(17)18)21-11-3-5-20-15(8-11)4-6-19-9-15/h1-2,7,11H,3-6,8-9,16H2,(H,17,18). The Kier molecular flexibility index (Phi) is 3.73. The Hall–Kier alpha value is -1.79. The van der Waals surface area contributed by atoms with Gasteiger partial charge >= 0.3 is 5.97 Å². The lowest BCUT2D eigenvalue weighted by molar-refractivity contribution is -0.112. The first-order valence-electron chi connectivity index (χ1n) is 7.09. The molecule has 0 amide bonds. The largest absolute Gasteiger partial charge is 0.490 e. The van der Waals surface area contributed by atoms with Crippen LogP contribution in [0.25, 0.3) is 0 Å². The molecule has 2 saturated heterocycles. The van der Waals surface area contributed by atoms with E-state index in [2.05, 4.69) is 0 Å². The van der Waals surface area contributed by atoms with Crippen LogP contribution in [0.2, 0.25) is 0 Å². The second-order valence-corrected chi connectivity index (χ2v) is 5.62. The van der Waals surface area contributed by atoms with Gasteiger partial charge in [0.1, 0.15) is 11.9 Å². The number of carboxylic acid groups (broad SMARTS) is 1. The van der Waals surface area contributed by atoms with E-state index in [9.17, 15) is 4.79 Å². The summed E-state index contributed by atoms with van der Waals surface area (Å²) in [5, 5.41) is 9.09. The number of anilines is 1. The lowest BCUT2D eigenvalue weighted by Gasteiger charge is -2.37. The van der Waals surface area contributed by atoms with Crippen molar-refractivity contribution in [3.8, 4) is 5.75 Å². The van der Waals surface area contributed by atoms with Gasteiger partial charge in [-0.15, -0.1) is 0 Å². The molecule has 2 aliphatic heterocycles. The Bertz CT molecular complexity index is 539. The Morgan fingerprint density at radius 1 is 1.43 bits per heavy atom. The summed E-state index contributed by atoms with van der Waals surface area (Å²) in [7, 11) is 0. The first kappa shape index (κ1) is 14.2. The fourth-order valence-electron chi connectivity index (χ4n) is 2.93. The van der Waals surface area contributed by atoms with Gasteiger partial charge in [0, 0.05) is 31.6 Å². The molecule has 6 heteroatoms. The highest BCUT2D eigenvalue weighted by Gasteiger charge is 2.41. The third-order valence-electron chi connectivity index (χ3n) is 4.07. The number of carboxylic acids is 1. The Morgan fingerprint density at radius 3 is 3.00 bits per heavy atom. The van der Waals surface area contributed by atoms with E-state index in [0.29, 0.717) is 19.0 Å². The van der Waals surface area contributed by atoms with Crippen LogP contribution in [-0.4, -0.2) is 42.6 Å². The third kappa shape index (κ3) is 2.96. The van der Waals surface area contributed by atoms with Gasteiger partial charge in [0.05, 0.1) is 24.4 Å². The zero-order valence-corrected chi connectivity index (χ0v) is 11.7. The van der Waals surface area contributed by atoms with E-state index in [0.717, 1.165) is 25.9 Å². The van der Waals surface area contributed by atoms with Gasteiger partial charge in [-0.25, -0.2) is 4.79 Å². The molecule has 0 aliphatic carbocycles. The zero-order chi connectivity index (χ0) is 14.9. The molecule has 2 heterocycles. The molecule has 1 spiro atoms. The molecule has 114 valence electrons. The molecule has 2 unspecified atom stereocenters. The van der Waals surface area contributed by atoms with Gasteiger partial charge in [-0.3, -0.25) is 0 Å². The van der Waals surface area contributed by atoms with Gasteiger partial charge in [0.25, 0.3) is 0 Å². The van der Waals surface area contributed by atoms with Gasteiger partial charge in [-0.2, -0.15) is 0 Å². The molecule has 1 aromatic carbocycles. The molecule has 2 fully saturated rings. The predicted molar refractivity (Wildman–Crippen MR) is 75.6 cm³/mol. The molecule has 0 aromatic heterocycles. The molecule has 0 radical (unpaired) electrons. The summed E-state index contributed by atoms with van der Waals surface area (Å²) < 4.78 is 17.2. The number of benzene rings is 1. The first-order valence-corrected chi connectivity index (χ1v) is 7.09. The fraction of sp³-hybridized carbons (Fsp3) is 0.533. The number of ether oxygens (including phenoxy) is 3. The average molecular weight is 293 g/mol. The highest BCUT2D eigenvalue weighted by molar-refractivity contribution is 5.94. The van der Waals surface area contributed by atoms with Crippen molar-refractivity contribution in [1.29, 1.82) is 0 Å². The van der Waals surface area contributed by atoms with Crippen LogP contribution in [0.1, 0.15) is 29.6 Å². The van der Waals surface area contributed by atoms with E-state index < -0.39 is 5.97 Å². The highest BCUT2D eigenvalue weighted by Crippen LogP contribution is 2.34. The Morgan fingerprint density at radius 2 is 2.29 bits per heavy atom. The lowest BCUT2D eigenvalue weighted by Crippen LogP contribution is -2.44. The van der Waals surface area contributed by atoms with Crippen molar-refractivity contribution in [3.63, 3.8) is 0 Å². The number of carbonyl (C=O) groups is 1. The summed E-state index contributed by atoms with van der Waals surface area (Å²) >= 11 is 0. The van der Waals surface area contributed by atoms with Gasteiger partial charge in [-0.05, 0) is 18.2 Å². The van der Waals surface area contributed by atoms with E-state index in [-0.39, 0.29) is 23.0 Å². The van der Waals surface area contributed by atoms with E-state index in [1.54, 1.807) is 12.1 Å². The molecule has 3 rings (SSSR count). The summed E-state index contributed by atoms with van der Waals surface area (Å²) in [5.41, 5.74) is 5.72. The summed E-state index contributed by atoms with van der Waals surface area (Å²) in [6.07, 6.45) is 2.44. The highest BCUT2D eigenvalue weighted by atomic mass is 16.6. The summed E-state index contributed by atoms with van der Waals surface area (Å²) in [6, 6.07) is 4.74. The normalized spacial score (nSPS) is 28.7. The quantitative estimate of drug-likeness (QED) is 0.824. The smallest absolute Gasteiger partial charge is 0.337 e. The van der Waals surface area contributed by atoms with Crippen LogP contribution in [0.15, 0.2) is 18.2 Å². The van der Waals surface area contributed by atoms with E-state index >= 15 is 0 Å².